The molecule has 0 aliphatic carbocycles. The molecule has 1 aliphatic rings. The van der Waals surface area contributed by atoms with Crippen LogP contribution in [-0.2, 0) is 19.4 Å². The lowest BCUT2D eigenvalue weighted by molar-refractivity contribution is 0.512. The molecule has 74 valence electrons. The average molecular weight is 189 g/mol. The van der Waals surface area contributed by atoms with E-state index in [1.54, 1.807) is 0 Å². The second-order valence-corrected chi connectivity index (χ2v) is 3.79. The van der Waals surface area contributed by atoms with Gasteiger partial charge in [-0.15, -0.1) is 0 Å². The minimum absolute atomic E-state index is 0.660. The molecule has 0 radical (unpaired) electrons. The van der Waals surface area contributed by atoms with Crippen molar-refractivity contribution in [3.8, 4) is 6.07 Å². The molecule has 0 unspecified atom stereocenters. The van der Waals surface area contributed by atoms with Gasteiger partial charge in [0, 0.05) is 13.0 Å². The number of aryl methyl sites for hydroxylation is 1. The van der Waals surface area contributed by atoms with Crippen LogP contribution in [0.3, 0.4) is 0 Å². The number of nitriles is 1. The van der Waals surface area contributed by atoms with E-state index in [0.29, 0.717) is 5.69 Å². The molecular weight excluding hydrogens is 174 g/mol. The molecule has 0 aromatic carbocycles. The fraction of sp³-hybridized carbons (Fsp3) is 0.636. The third kappa shape index (κ3) is 1.41. The summed E-state index contributed by atoms with van der Waals surface area (Å²) in [6.07, 6.45) is 5.55. The number of imidazole rings is 1. The maximum absolute atomic E-state index is 8.95. The van der Waals surface area contributed by atoms with Crippen molar-refractivity contribution in [3.05, 3.63) is 17.2 Å². The Bertz CT molecular complexity index is 371. The molecule has 2 heterocycles. The lowest BCUT2D eigenvalue weighted by Crippen LogP contribution is -2.13. The quantitative estimate of drug-likeness (QED) is 0.714. The van der Waals surface area contributed by atoms with Crippen LogP contribution in [0.4, 0.5) is 0 Å². The summed E-state index contributed by atoms with van der Waals surface area (Å²) in [6, 6.07) is 2.20. The Labute approximate surface area is 84.4 Å². The van der Waals surface area contributed by atoms with E-state index >= 15 is 0 Å². The van der Waals surface area contributed by atoms with Crippen molar-refractivity contribution in [1.82, 2.24) is 9.55 Å². The summed E-state index contributed by atoms with van der Waals surface area (Å²) in [6.45, 7) is 3.20. The average Bonchev–Trinajstić information content (AvgIpc) is 2.58. The second-order valence-electron chi connectivity index (χ2n) is 3.79. The summed E-state index contributed by atoms with van der Waals surface area (Å²) in [5.41, 5.74) is 1.83. The fourth-order valence-corrected chi connectivity index (χ4v) is 2.12. The number of rotatable bonds is 2. The maximum atomic E-state index is 8.95. The van der Waals surface area contributed by atoms with Crippen LogP contribution in [-0.4, -0.2) is 9.55 Å². The Morgan fingerprint density at radius 2 is 2.36 bits per heavy atom. The van der Waals surface area contributed by atoms with Crippen molar-refractivity contribution < 1.29 is 0 Å². The first-order chi connectivity index (χ1) is 6.86. The SMILES string of the molecule is CCCc1nc(C#N)c2n1CCCC2. The van der Waals surface area contributed by atoms with E-state index in [4.69, 9.17) is 5.26 Å². The first-order valence-corrected chi connectivity index (χ1v) is 5.35. The van der Waals surface area contributed by atoms with Crippen molar-refractivity contribution in [2.75, 3.05) is 0 Å². The van der Waals surface area contributed by atoms with E-state index in [-0.39, 0.29) is 0 Å². The Balaban J connectivity index is 2.42. The molecule has 3 nitrogen and oxygen atoms in total. The van der Waals surface area contributed by atoms with Crippen LogP contribution < -0.4 is 0 Å². The van der Waals surface area contributed by atoms with Gasteiger partial charge in [-0.05, 0) is 25.7 Å². The van der Waals surface area contributed by atoms with Crippen LogP contribution in [0.5, 0.6) is 0 Å². The van der Waals surface area contributed by atoms with Crippen LogP contribution in [0.1, 0.15) is 43.4 Å². The van der Waals surface area contributed by atoms with E-state index in [2.05, 4.69) is 22.5 Å². The van der Waals surface area contributed by atoms with E-state index in [0.717, 1.165) is 31.6 Å². The topological polar surface area (TPSA) is 41.6 Å². The number of nitrogens with zero attached hydrogens (tertiary/aromatic N) is 3. The van der Waals surface area contributed by atoms with Crippen LogP contribution in [0.15, 0.2) is 0 Å². The van der Waals surface area contributed by atoms with Crippen molar-refractivity contribution in [3.63, 3.8) is 0 Å². The summed E-state index contributed by atoms with van der Waals surface area (Å²) in [5, 5.41) is 8.95. The van der Waals surface area contributed by atoms with Gasteiger partial charge in [-0.25, -0.2) is 4.98 Å². The van der Waals surface area contributed by atoms with Gasteiger partial charge in [-0.1, -0.05) is 6.92 Å². The molecule has 3 heteroatoms. The van der Waals surface area contributed by atoms with Crippen LogP contribution in [0, 0.1) is 11.3 Å². The maximum Gasteiger partial charge on any atom is 0.161 e. The van der Waals surface area contributed by atoms with E-state index in [1.165, 1.54) is 18.5 Å². The highest BCUT2D eigenvalue weighted by Gasteiger charge is 2.18. The zero-order valence-corrected chi connectivity index (χ0v) is 8.58. The predicted molar refractivity (Wildman–Crippen MR) is 53.9 cm³/mol. The van der Waals surface area contributed by atoms with Crippen molar-refractivity contribution in [1.29, 1.82) is 5.26 Å². The molecule has 0 N–H and O–H groups in total. The highest BCUT2D eigenvalue weighted by atomic mass is 15.1. The van der Waals surface area contributed by atoms with Crippen LogP contribution in [0.25, 0.3) is 0 Å². The zero-order chi connectivity index (χ0) is 9.97. The van der Waals surface area contributed by atoms with Gasteiger partial charge >= 0.3 is 0 Å². The van der Waals surface area contributed by atoms with Gasteiger partial charge in [0.1, 0.15) is 11.9 Å². The first-order valence-electron chi connectivity index (χ1n) is 5.35. The van der Waals surface area contributed by atoms with Crippen molar-refractivity contribution in [2.24, 2.45) is 0 Å². The Hall–Kier alpha value is -1.30. The second kappa shape index (κ2) is 3.83. The molecule has 0 saturated carbocycles. The minimum Gasteiger partial charge on any atom is -0.331 e. The van der Waals surface area contributed by atoms with Crippen molar-refractivity contribution in [2.45, 2.75) is 45.6 Å². The zero-order valence-electron chi connectivity index (χ0n) is 8.58. The summed E-state index contributed by atoms with van der Waals surface area (Å²) in [5.74, 6) is 1.11. The van der Waals surface area contributed by atoms with Crippen molar-refractivity contribution >= 4 is 0 Å². The summed E-state index contributed by atoms with van der Waals surface area (Å²) in [7, 11) is 0. The third-order valence-electron chi connectivity index (χ3n) is 2.78. The monoisotopic (exact) mass is 189 g/mol. The molecule has 1 aromatic rings. The molecule has 0 amide bonds. The molecule has 1 aromatic heterocycles. The summed E-state index contributed by atoms with van der Waals surface area (Å²) in [4.78, 5) is 4.40. The fourth-order valence-electron chi connectivity index (χ4n) is 2.12. The number of fused-ring (bicyclic) bond motifs is 1. The highest BCUT2D eigenvalue weighted by molar-refractivity contribution is 5.30. The molecule has 0 atom stereocenters. The molecule has 0 bridgehead atoms. The normalized spacial score (nSPS) is 14.9. The Morgan fingerprint density at radius 1 is 1.50 bits per heavy atom. The number of hydrogen-bond acceptors (Lipinski definition) is 2. The van der Waals surface area contributed by atoms with E-state index in [1.807, 2.05) is 0 Å². The largest absolute Gasteiger partial charge is 0.331 e. The van der Waals surface area contributed by atoms with Gasteiger partial charge in [0.2, 0.25) is 0 Å². The summed E-state index contributed by atoms with van der Waals surface area (Å²) < 4.78 is 2.26. The first kappa shape index (κ1) is 9.26. The third-order valence-corrected chi connectivity index (χ3v) is 2.78. The van der Waals surface area contributed by atoms with Crippen LogP contribution >= 0.6 is 0 Å². The Kier molecular flexibility index (Phi) is 2.53. The highest BCUT2D eigenvalue weighted by Crippen LogP contribution is 2.20. The summed E-state index contributed by atoms with van der Waals surface area (Å²) >= 11 is 0. The Morgan fingerprint density at radius 3 is 3.07 bits per heavy atom. The lowest BCUT2D eigenvalue weighted by atomic mass is 10.1. The molecule has 0 fully saturated rings. The molecule has 0 saturated heterocycles. The van der Waals surface area contributed by atoms with Gasteiger partial charge in [0.15, 0.2) is 5.69 Å². The predicted octanol–water partition coefficient (Wildman–Crippen LogP) is 2.04. The molecule has 2 rings (SSSR count). The number of hydrogen-bond donors (Lipinski definition) is 0. The molecule has 0 spiro atoms. The van der Waals surface area contributed by atoms with Gasteiger partial charge in [0.05, 0.1) is 5.69 Å². The standard InChI is InChI=1S/C11H15N3/c1-2-5-11-13-9(8-12)10-6-3-4-7-14(10)11/h2-7H2,1H3. The van der Waals surface area contributed by atoms with Gasteiger partial charge in [0.25, 0.3) is 0 Å². The van der Waals surface area contributed by atoms with Crippen LogP contribution in [0.2, 0.25) is 0 Å². The van der Waals surface area contributed by atoms with E-state index in [9.17, 15) is 0 Å². The molecule has 1 aliphatic heterocycles. The van der Waals surface area contributed by atoms with E-state index < -0.39 is 0 Å². The van der Waals surface area contributed by atoms with Gasteiger partial charge < -0.3 is 4.57 Å². The number of aromatic nitrogens is 2. The molecule has 14 heavy (non-hydrogen) atoms. The molecular formula is C11H15N3. The smallest absolute Gasteiger partial charge is 0.161 e. The lowest BCUT2D eigenvalue weighted by Gasteiger charge is -2.16. The minimum atomic E-state index is 0.660. The van der Waals surface area contributed by atoms with Gasteiger partial charge in [-0.3, -0.25) is 0 Å². The van der Waals surface area contributed by atoms with Gasteiger partial charge in [-0.2, -0.15) is 5.26 Å².